The molecular formula is C40H77NO4. The fourth-order valence-corrected chi connectivity index (χ4v) is 6.05. The van der Waals surface area contributed by atoms with Crippen molar-refractivity contribution in [2.24, 2.45) is 4.99 Å². The van der Waals surface area contributed by atoms with Gasteiger partial charge in [-0.2, -0.15) is 0 Å². The molecule has 0 aromatic rings. The summed E-state index contributed by atoms with van der Waals surface area (Å²) in [4.78, 5) is 28.4. The van der Waals surface area contributed by atoms with Gasteiger partial charge < -0.3 is 9.47 Å². The van der Waals surface area contributed by atoms with Crippen molar-refractivity contribution in [1.29, 1.82) is 0 Å². The number of ether oxygens (including phenoxy) is 2. The monoisotopic (exact) mass is 636 g/mol. The summed E-state index contributed by atoms with van der Waals surface area (Å²) >= 11 is 0. The third kappa shape index (κ3) is 35.3. The van der Waals surface area contributed by atoms with Crippen LogP contribution in [0.2, 0.25) is 0 Å². The molecule has 0 spiro atoms. The topological polar surface area (TPSA) is 65.0 Å². The van der Waals surface area contributed by atoms with Crippen LogP contribution in [0.3, 0.4) is 0 Å². The molecule has 0 aliphatic heterocycles. The molecule has 1 unspecified atom stereocenters. The maximum Gasteiger partial charge on any atom is 0.306 e. The van der Waals surface area contributed by atoms with E-state index < -0.39 is 6.10 Å². The zero-order valence-corrected chi connectivity index (χ0v) is 30.4. The van der Waals surface area contributed by atoms with Gasteiger partial charge >= 0.3 is 11.9 Å². The molecule has 0 radical (unpaired) electrons. The van der Waals surface area contributed by atoms with E-state index in [9.17, 15) is 9.59 Å². The van der Waals surface area contributed by atoms with Gasteiger partial charge in [-0.15, -0.1) is 0 Å². The summed E-state index contributed by atoms with van der Waals surface area (Å²) in [5, 5.41) is 0. The summed E-state index contributed by atoms with van der Waals surface area (Å²) in [6, 6.07) is 0. The maximum atomic E-state index is 12.3. The Morgan fingerprint density at radius 3 is 1.07 bits per heavy atom. The first-order valence-corrected chi connectivity index (χ1v) is 19.9. The van der Waals surface area contributed by atoms with E-state index in [1.807, 2.05) is 0 Å². The quantitative estimate of drug-likeness (QED) is 0.0387. The van der Waals surface area contributed by atoms with E-state index in [2.05, 4.69) is 25.6 Å². The third-order valence-corrected chi connectivity index (χ3v) is 9.03. The van der Waals surface area contributed by atoms with Gasteiger partial charge in [0.15, 0.2) is 6.10 Å². The van der Waals surface area contributed by atoms with E-state index in [4.69, 9.17) is 9.47 Å². The molecule has 45 heavy (non-hydrogen) atoms. The SMILES string of the molecule is C=NCC(COC(=O)CCCCCCCCCCCCCCCCC)OC(=O)CCCCCCCCCCCCCCCCC. The van der Waals surface area contributed by atoms with Crippen molar-refractivity contribution in [3.05, 3.63) is 0 Å². The zero-order chi connectivity index (χ0) is 32.9. The molecule has 0 fully saturated rings. The minimum Gasteiger partial charge on any atom is -0.462 e. The molecule has 0 heterocycles. The van der Waals surface area contributed by atoms with E-state index in [-0.39, 0.29) is 25.1 Å². The molecule has 0 bridgehead atoms. The molecular weight excluding hydrogens is 558 g/mol. The normalized spacial score (nSPS) is 11.9. The molecule has 0 rings (SSSR count). The number of unbranched alkanes of at least 4 members (excludes halogenated alkanes) is 28. The first kappa shape index (κ1) is 43.6. The summed E-state index contributed by atoms with van der Waals surface area (Å²) in [6.07, 6.45) is 39.4. The van der Waals surface area contributed by atoms with Crippen LogP contribution in [0.4, 0.5) is 0 Å². The number of rotatable bonds is 37. The predicted octanol–water partition coefficient (Wildman–Crippen LogP) is 12.7. The number of carbonyl (C=O) groups is 2. The molecule has 0 aromatic carbocycles. The second-order valence-corrected chi connectivity index (χ2v) is 13.6. The minimum absolute atomic E-state index is 0.0706. The Balaban J connectivity index is 3.60. The number of aliphatic imine (C=N–C) groups is 1. The number of nitrogens with zero attached hydrogens (tertiary/aromatic N) is 1. The van der Waals surface area contributed by atoms with Gasteiger partial charge in [-0.1, -0.05) is 194 Å². The lowest BCUT2D eigenvalue weighted by Crippen LogP contribution is -2.27. The van der Waals surface area contributed by atoms with Crippen molar-refractivity contribution in [3.8, 4) is 0 Å². The van der Waals surface area contributed by atoms with Gasteiger partial charge in [0.2, 0.25) is 0 Å². The van der Waals surface area contributed by atoms with Gasteiger partial charge in [0.25, 0.3) is 0 Å². The van der Waals surface area contributed by atoms with Crippen molar-refractivity contribution in [2.45, 2.75) is 225 Å². The highest BCUT2D eigenvalue weighted by molar-refractivity contribution is 5.70. The van der Waals surface area contributed by atoms with Crippen LogP contribution in [0.1, 0.15) is 219 Å². The molecule has 0 aliphatic rings. The molecule has 1 atom stereocenters. The molecule has 5 nitrogen and oxygen atoms in total. The van der Waals surface area contributed by atoms with Crippen LogP contribution in [-0.2, 0) is 19.1 Å². The van der Waals surface area contributed by atoms with Crippen LogP contribution in [-0.4, -0.2) is 37.9 Å². The van der Waals surface area contributed by atoms with E-state index in [1.165, 1.54) is 167 Å². The highest BCUT2D eigenvalue weighted by atomic mass is 16.6. The van der Waals surface area contributed by atoms with Crippen molar-refractivity contribution in [1.82, 2.24) is 0 Å². The molecule has 0 N–H and O–H groups in total. The first-order valence-electron chi connectivity index (χ1n) is 19.9. The zero-order valence-electron chi connectivity index (χ0n) is 30.4. The second kappa shape index (κ2) is 37.1. The van der Waals surface area contributed by atoms with Gasteiger partial charge in [0.05, 0.1) is 6.54 Å². The molecule has 0 saturated heterocycles. The molecule has 0 amide bonds. The standard InChI is InChI=1S/C40H77NO4/c1-4-6-8-10-12-14-16-18-20-22-24-26-28-30-32-34-39(42)44-37-38(36-41-3)45-40(43)35-33-31-29-27-25-23-21-19-17-15-13-11-9-7-5-2/h38H,3-37H2,1-2H3. The van der Waals surface area contributed by atoms with E-state index >= 15 is 0 Å². The Labute approximate surface area is 280 Å². The Hall–Kier alpha value is -1.39. The summed E-state index contributed by atoms with van der Waals surface area (Å²) in [7, 11) is 0. The highest BCUT2D eigenvalue weighted by Crippen LogP contribution is 2.16. The number of esters is 2. The summed E-state index contributed by atoms with van der Waals surface area (Å²) in [5.41, 5.74) is 0. The summed E-state index contributed by atoms with van der Waals surface area (Å²) < 4.78 is 10.9. The fraction of sp³-hybridized carbons (Fsp3) is 0.925. The van der Waals surface area contributed by atoms with Crippen LogP contribution < -0.4 is 0 Å². The summed E-state index contributed by atoms with van der Waals surface area (Å²) in [5.74, 6) is -0.436. The maximum absolute atomic E-state index is 12.3. The first-order chi connectivity index (χ1) is 22.1. The van der Waals surface area contributed by atoms with Gasteiger partial charge in [-0.3, -0.25) is 14.6 Å². The van der Waals surface area contributed by atoms with Crippen LogP contribution in [0.5, 0.6) is 0 Å². The van der Waals surface area contributed by atoms with Crippen molar-refractivity contribution in [2.75, 3.05) is 13.2 Å². The minimum atomic E-state index is -0.531. The van der Waals surface area contributed by atoms with Crippen molar-refractivity contribution < 1.29 is 19.1 Å². The number of hydrogen-bond donors (Lipinski definition) is 0. The van der Waals surface area contributed by atoms with Crippen molar-refractivity contribution in [3.63, 3.8) is 0 Å². The number of hydrogen-bond acceptors (Lipinski definition) is 5. The molecule has 266 valence electrons. The molecule has 0 saturated carbocycles. The largest absolute Gasteiger partial charge is 0.462 e. The molecule has 0 aliphatic carbocycles. The Kier molecular flexibility index (Phi) is 35.9. The fourth-order valence-electron chi connectivity index (χ4n) is 6.05. The van der Waals surface area contributed by atoms with Gasteiger partial charge in [0.1, 0.15) is 6.61 Å². The van der Waals surface area contributed by atoms with Gasteiger partial charge in [-0.25, -0.2) is 0 Å². The van der Waals surface area contributed by atoms with E-state index in [1.54, 1.807) is 0 Å². The average molecular weight is 636 g/mol. The lowest BCUT2D eigenvalue weighted by atomic mass is 10.0. The van der Waals surface area contributed by atoms with E-state index in [0.717, 1.165) is 25.7 Å². The van der Waals surface area contributed by atoms with Crippen LogP contribution >= 0.6 is 0 Å². The van der Waals surface area contributed by atoms with Crippen LogP contribution in [0.25, 0.3) is 0 Å². The molecule has 5 heteroatoms. The van der Waals surface area contributed by atoms with E-state index in [0.29, 0.717) is 12.8 Å². The Bertz CT molecular complexity index is 638. The van der Waals surface area contributed by atoms with Gasteiger partial charge in [-0.05, 0) is 19.6 Å². The predicted molar refractivity (Wildman–Crippen MR) is 194 cm³/mol. The van der Waals surface area contributed by atoms with Crippen molar-refractivity contribution >= 4 is 18.7 Å². The highest BCUT2D eigenvalue weighted by Gasteiger charge is 2.16. The molecule has 0 aromatic heterocycles. The Morgan fingerprint density at radius 2 is 0.756 bits per heavy atom. The second-order valence-electron chi connectivity index (χ2n) is 13.6. The smallest absolute Gasteiger partial charge is 0.306 e. The van der Waals surface area contributed by atoms with Crippen LogP contribution in [0, 0.1) is 0 Å². The average Bonchev–Trinajstić information content (AvgIpc) is 3.03. The summed E-state index contributed by atoms with van der Waals surface area (Å²) in [6.45, 7) is 8.40. The lowest BCUT2D eigenvalue weighted by molar-refractivity contribution is -0.158. The lowest BCUT2D eigenvalue weighted by Gasteiger charge is -2.16. The third-order valence-electron chi connectivity index (χ3n) is 9.03. The van der Waals surface area contributed by atoms with Gasteiger partial charge in [0, 0.05) is 12.8 Å². The van der Waals surface area contributed by atoms with Crippen LogP contribution in [0.15, 0.2) is 4.99 Å². The number of carbonyl (C=O) groups excluding carboxylic acids is 2. The Morgan fingerprint density at radius 1 is 0.467 bits per heavy atom.